The summed E-state index contributed by atoms with van der Waals surface area (Å²) >= 11 is 0. The Labute approximate surface area is 176 Å². The van der Waals surface area contributed by atoms with Crippen molar-refractivity contribution in [1.82, 2.24) is 15.1 Å². The highest BCUT2D eigenvalue weighted by molar-refractivity contribution is 5.94. The van der Waals surface area contributed by atoms with Crippen LogP contribution in [0.15, 0.2) is 36.4 Å². The first-order valence-corrected chi connectivity index (χ1v) is 10.4. The Hall–Kier alpha value is -2.51. The summed E-state index contributed by atoms with van der Waals surface area (Å²) in [4.78, 5) is 19.4. The predicted molar refractivity (Wildman–Crippen MR) is 114 cm³/mol. The van der Waals surface area contributed by atoms with Gasteiger partial charge in [-0.25, -0.2) is 8.78 Å². The van der Waals surface area contributed by atoms with Gasteiger partial charge in [-0.1, -0.05) is 18.2 Å². The van der Waals surface area contributed by atoms with E-state index in [-0.39, 0.29) is 6.04 Å². The Morgan fingerprint density at radius 2 is 1.73 bits per heavy atom. The molecule has 1 N–H and O–H groups in total. The van der Waals surface area contributed by atoms with Crippen molar-refractivity contribution in [3.63, 3.8) is 0 Å². The van der Waals surface area contributed by atoms with Crippen molar-refractivity contribution in [3.05, 3.63) is 64.7 Å². The molecule has 0 saturated carbocycles. The second kappa shape index (κ2) is 8.70. The molecular weight excluding hydrogens is 386 g/mol. The molecule has 1 fully saturated rings. The molecule has 5 nitrogen and oxygen atoms in total. The summed E-state index contributed by atoms with van der Waals surface area (Å²) in [7, 11) is 4.19. The van der Waals surface area contributed by atoms with Gasteiger partial charge in [0.25, 0.3) is 5.91 Å². The molecule has 2 aliphatic rings. The number of carbonyl (C=O) groups excluding carboxylic acids is 1. The number of piperazine rings is 1. The minimum Gasteiger partial charge on any atom is -0.374 e. The minimum atomic E-state index is -0.843. The lowest BCUT2D eigenvalue weighted by atomic mass is 10.00. The number of amides is 1. The van der Waals surface area contributed by atoms with E-state index in [1.807, 2.05) is 0 Å². The first-order valence-electron chi connectivity index (χ1n) is 10.4. The first-order chi connectivity index (χ1) is 14.4. The summed E-state index contributed by atoms with van der Waals surface area (Å²) in [6, 6.07) is 9.89. The van der Waals surface area contributed by atoms with Gasteiger partial charge in [0.05, 0.1) is 6.04 Å². The summed E-state index contributed by atoms with van der Waals surface area (Å²) in [5.74, 6) is -2.40. The zero-order chi connectivity index (χ0) is 21.3. The molecule has 7 heteroatoms. The third-order valence-corrected chi connectivity index (χ3v) is 6.24. The van der Waals surface area contributed by atoms with Crippen molar-refractivity contribution < 1.29 is 13.6 Å². The van der Waals surface area contributed by atoms with Gasteiger partial charge in [-0.15, -0.1) is 0 Å². The number of benzene rings is 2. The Morgan fingerprint density at radius 1 is 1.03 bits per heavy atom. The van der Waals surface area contributed by atoms with E-state index in [4.69, 9.17) is 0 Å². The molecule has 1 amide bonds. The number of likely N-dealkylation sites (N-methyl/N-ethyl adjacent to an activating group) is 2. The van der Waals surface area contributed by atoms with E-state index in [2.05, 4.69) is 52.3 Å². The molecule has 0 bridgehead atoms. The van der Waals surface area contributed by atoms with Gasteiger partial charge in [0.1, 0.15) is 17.2 Å². The normalized spacial score (nSPS) is 18.3. The largest absolute Gasteiger partial charge is 0.374 e. The van der Waals surface area contributed by atoms with Crippen LogP contribution in [-0.2, 0) is 6.42 Å². The number of nitrogens with zero attached hydrogens (tertiary/aromatic N) is 3. The smallest absolute Gasteiger partial charge is 0.257 e. The molecule has 2 aromatic rings. The molecule has 1 atom stereocenters. The summed E-state index contributed by atoms with van der Waals surface area (Å²) in [5.41, 5.74) is 3.15. The number of hydrogen-bond donors (Lipinski definition) is 1. The molecular formula is C23H28F2N4O. The molecule has 2 heterocycles. The van der Waals surface area contributed by atoms with Crippen molar-refractivity contribution in [1.29, 1.82) is 0 Å². The first kappa shape index (κ1) is 20.8. The van der Waals surface area contributed by atoms with E-state index >= 15 is 0 Å². The van der Waals surface area contributed by atoms with E-state index in [0.717, 1.165) is 56.8 Å². The van der Waals surface area contributed by atoms with Crippen molar-refractivity contribution in [2.24, 2.45) is 0 Å². The highest BCUT2D eigenvalue weighted by Gasteiger charge is 2.27. The average Bonchev–Trinajstić information content (AvgIpc) is 3.09. The Bertz CT molecular complexity index is 907. The summed E-state index contributed by atoms with van der Waals surface area (Å²) in [6.45, 7) is 4.94. The molecule has 0 aromatic heterocycles. The lowest BCUT2D eigenvalue weighted by Gasteiger charge is -2.38. The quantitative estimate of drug-likeness (QED) is 0.817. The molecule has 0 radical (unpaired) electrons. The van der Waals surface area contributed by atoms with E-state index in [1.165, 1.54) is 17.3 Å². The maximum Gasteiger partial charge on any atom is 0.257 e. The Kier molecular flexibility index (Phi) is 6.01. The second-order valence-corrected chi connectivity index (χ2v) is 8.22. The topological polar surface area (TPSA) is 38.8 Å². The van der Waals surface area contributed by atoms with E-state index in [0.29, 0.717) is 6.54 Å². The number of hydrogen-bond acceptors (Lipinski definition) is 4. The van der Waals surface area contributed by atoms with Crippen molar-refractivity contribution in [2.75, 3.05) is 58.3 Å². The number of nitrogens with one attached hydrogen (secondary N) is 1. The van der Waals surface area contributed by atoms with Crippen LogP contribution in [0.2, 0.25) is 0 Å². The van der Waals surface area contributed by atoms with Gasteiger partial charge in [-0.2, -0.15) is 0 Å². The molecule has 0 unspecified atom stereocenters. The fraction of sp³-hybridized carbons (Fsp3) is 0.435. The molecule has 0 spiro atoms. The second-order valence-electron chi connectivity index (χ2n) is 8.22. The van der Waals surface area contributed by atoms with Crippen LogP contribution in [0.1, 0.15) is 27.5 Å². The van der Waals surface area contributed by atoms with Gasteiger partial charge < -0.3 is 15.1 Å². The fourth-order valence-electron chi connectivity index (χ4n) is 4.38. The fourth-order valence-corrected chi connectivity index (χ4v) is 4.38. The Morgan fingerprint density at radius 3 is 2.43 bits per heavy atom. The van der Waals surface area contributed by atoms with Crippen molar-refractivity contribution >= 4 is 11.6 Å². The van der Waals surface area contributed by atoms with Crippen molar-refractivity contribution in [3.8, 4) is 0 Å². The molecule has 2 aliphatic heterocycles. The lowest BCUT2D eigenvalue weighted by molar-refractivity contribution is 0.0879. The number of fused-ring (bicyclic) bond motifs is 1. The maximum atomic E-state index is 14.0. The average molecular weight is 415 g/mol. The van der Waals surface area contributed by atoms with E-state index in [9.17, 15) is 13.6 Å². The van der Waals surface area contributed by atoms with Crippen LogP contribution in [0.3, 0.4) is 0 Å². The number of carbonyl (C=O) groups is 1. The highest BCUT2D eigenvalue weighted by atomic mass is 19.1. The van der Waals surface area contributed by atoms with Crippen LogP contribution < -0.4 is 10.2 Å². The van der Waals surface area contributed by atoms with Crippen LogP contribution in [0.25, 0.3) is 0 Å². The van der Waals surface area contributed by atoms with Crippen LogP contribution in [0.4, 0.5) is 14.5 Å². The molecule has 1 saturated heterocycles. The van der Waals surface area contributed by atoms with Crippen LogP contribution in [0.5, 0.6) is 0 Å². The SMILES string of the molecule is CN1CCN([C@H](CNC(=O)c2c(F)cccc2F)c2ccc3c(c2)CCN3C)CC1. The summed E-state index contributed by atoms with van der Waals surface area (Å²) < 4.78 is 28.0. The number of rotatable bonds is 5. The third kappa shape index (κ3) is 4.18. The highest BCUT2D eigenvalue weighted by Crippen LogP contribution is 2.31. The van der Waals surface area contributed by atoms with Gasteiger partial charge in [0, 0.05) is 52.0 Å². The molecule has 30 heavy (non-hydrogen) atoms. The minimum absolute atomic E-state index is 0.0475. The predicted octanol–water partition coefficient (Wildman–Crippen LogP) is 2.68. The van der Waals surface area contributed by atoms with Gasteiger partial charge >= 0.3 is 0 Å². The van der Waals surface area contributed by atoms with E-state index < -0.39 is 23.1 Å². The van der Waals surface area contributed by atoms with Crippen LogP contribution in [0, 0.1) is 11.6 Å². The lowest BCUT2D eigenvalue weighted by Crippen LogP contribution is -2.48. The number of anilines is 1. The number of halogens is 2. The van der Waals surface area contributed by atoms with Crippen LogP contribution in [-0.4, -0.2) is 69.1 Å². The third-order valence-electron chi connectivity index (χ3n) is 6.24. The molecule has 4 rings (SSSR count). The zero-order valence-electron chi connectivity index (χ0n) is 17.5. The summed E-state index contributed by atoms with van der Waals surface area (Å²) in [6.07, 6.45) is 1.00. The monoisotopic (exact) mass is 414 g/mol. The van der Waals surface area contributed by atoms with Crippen LogP contribution >= 0.6 is 0 Å². The summed E-state index contributed by atoms with van der Waals surface area (Å²) in [5, 5.41) is 2.78. The maximum absolute atomic E-state index is 14.0. The van der Waals surface area contributed by atoms with E-state index in [1.54, 1.807) is 0 Å². The van der Waals surface area contributed by atoms with Gasteiger partial charge in [-0.3, -0.25) is 9.69 Å². The zero-order valence-corrected chi connectivity index (χ0v) is 17.5. The van der Waals surface area contributed by atoms with Crippen molar-refractivity contribution in [2.45, 2.75) is 12.5 Å². The van der Waals surface area contributed by atoms with Gasteiger partial charge in [0.15, 0.2) is 0 Å². The van der Waals surface area contributed by atoms with Gasteiger partial charge in [-0.05, 0) is 42.8 Å². The van der Waals surface area contributed by atoms with Gasteiger partial charge in [0.2, 0.25) is 0 Å². The Balaban J connectivity index is 1.56. The molecule has 160 valence electrons. The molecule has 2 aromatic carbocycles. The molecule has 0 aliphatic carbocycles. The standard InChI is InChI=1S/C23H28F2N4O/c1-27-10-12-29(13-11-27)21(16-6-7-20-17(14-16)8-9-28(20)2)15-26-23(30)22-18(24)4-3-5-19(22)25/h3-7,14,21H,8-13,15H2,1-2H3,(H,26,30)/t21-/m1/s1.